The summed E-state index contributed by atoms with van der Waals surface area (Å²) < 4.78 is 0. The van der Waals surface area contributed by atoms with Crippen LogP contribution in [0.2, 0.25) is 0 Å². The van der Waals surface area contributed by atoms with Crippen LogP contribution in [0.4, 0.5) is 5.69 Å². The minimum Gasteiger partial charge on any atom is -0.378 e. The van der Waals surface area contributed by atoms with Crippen LogP contribution in [0.5, 0.6) is 0 Å². The van der Waals surface area contributed by atoms with Crippen LogP contribution in [0, 0.1) is 12.0 Å². The maximum absolute atomic E-state index is 5.09. The van der Waals surface area contributed by atoms with Crippen molar-refractivity contribution in [1.29, 1.82) is 0 Å². The molecule has 0 bridgehead atoms. The Morgan fingerprint density at radius 2 is 1.75 bits per heavy atom. The van der Waals surface area contributed by atoms with E-state index in [2.05, 4.69) is 12.0 Å². The third kappa shape index (κ3) is 1.93. The molecule has 2 heteroatoms. The Morgan fingerprint density at radius 1 is 1.17 bits per heavy atom. The van der Waals surface area contributed by atoms with Crippen LogP contribution < -0.4 is 10.6 Å². The van der Waals surface area contributed by atoms with Gasteiger partial charge in [-0.25, -0.2) is 0 Å². The molecule has 0 fully saturated rings. The molecule has 1 aromatic rings. The third-order valence-electron chi connectivity index (χ3n) is 1.60. The van der Waals surface area contributed by atoms with Crippen molar-refractivity contribution < 1.29 is 0 Å². The summed E-state index contributed by atoms with van der Waals surface area (Å²) in [7, 11) is 4.01. The van der Waals surface area contributed by atoms with Crippen molar-refractivity contribution in [1.82, 2.24) is 0 Å². The average molecular weight is 160 g/mol. The molecule has 62 valence electrons. The molecule has 0 unspecified atom stereocenters. The smallest absolute Gasteiger partial charge is 0.0361 e. The summed E-state index contributed by atoms with van der Waals surface area (Å²) >= 11 is 0. The van der Waals surface area contributed by atoms with Gasteiger partial charge in [0.15, 0.2) is 0 Å². The summed E-state index contributed by atoms with van der Waals surface area (Å²) in [6.45, 7) is 0. The third-order valence-corrected chi connectivity index (χ3v) is 1.60. The molecule has 0 atom stereocenters. The van der Waals surface area contributed by atoms with Gasteiger partial charge in [0.25, 0.3) is 0 Å². The number of nitrogens with zero attached hydrogens (tertiary/aromatic N) is 1. The highest BCUT2D eigenvalue weighted by Gasteiger charge is 1.92. The van der Waals surface area contributed by atoms with Crippen molar-refractivity contribution in [2.75, 3.05) is 19.0 Å². The maximum Gasteiger partial charge on any atom is 0.0361 e. The van der Waals surface area contributed by atoms with E-state index in [-0.39, 0.29) is 0 Å². The Hall–Kier alpha value is -1.62. The molecule has 0 radical (unpaired) electrons. The van der Waals surface area contributed by atoms with Crippen LogP contribution in [-0.2, 0) is 0 Å². The highest BCUT2D eigenvalue weighted by atomic mass is 15.1. The van der Waals surface area contributed by atoms with Crippen LogP contribution >= 0.6 is 0 Å². The minimum absolute atomic E-state index is 0.947. The van der Waals surface area contributed by atoms with Crippen molar-refractivity contribution >= 4 is 5.69 Å². The molecule has 0 aliphatic carbocycles. The lowest BCUT2D eigenvalue weighted by molar-refractivity contribution is 1.13. The van der Waals surface area contributed by atoms with E-state index >= 15 is 0 Å². The monoisotopic (exact) mass is 160 g/mol. The summed E-state index contributed by atoms with van der Waals surface area (Å²) in [4.78, 5) is 2.04. The quantitative estimate of drug-likeness (QED) is 0.491. The molecule has 0 saturated heterocycles. The van der Waals surface area contributed by atoms with Gasteiger partial charge in [0.2, 0.25) is 0 Å². The van der Waals surface area contributed by atoms with E-state index in [4.69, 9.17) is 5.73 Å². The predicted octanol–water partition coefficient (Wildman–Crippen LogP) is 1.02. The summed E-state index contributed by atoms with van der Waals surface area (Å²) in [6, 6.07) is 10.3. The molecule has 0 aliphatic heterocycles. The summed E-state index contributed by atoms with van der Waals surface area (Å²) in [5.74, 6) is 2.78. The Kier molecular flexibility index (Phi) is 2.60. The van der Waals surface area contributed by atoms with Crippen molar-refractivity contribution in [3.8, 4) is 12.0 Å². The molecule has 0 heterocycles. The Bertz CT molecular complexity index is 301. The zero-order chi connectivity index (χ0) is 8.97. The van der Waals surface area contributed by atoms with Gasteiger partial charge in [-0.05, 0) is 30.2 Å². The molecule has 0 saturated carbocycles. The topological polar surface area (TPSA) is 29.3 Å². The highest BCUT2D eigenvalue weighted by Crippen LogP contribution is 2.10. The second-order valence-corrected chi connectivity index (χ2v) is 2.71. The molecule has 12 heavy (non-hydrogen) atoms. The van der Waals surface area contributed by atoms with E-state index in [1.165, 1.54) is 0 Å². The van der Waals surface area contributed by atoms with Crippen LogP contribution in [0.25, 0.3) is 0 Å². The first-order valence-corrected chi connectivity index (χ1v) is 3.73. The van der Waals surface area contributed by atoms with Gasteiger partial charge >= 0.3 is 0 Å². The van der Waals surface area contributed by atoms with Crippen LogP contribution in [-0.4, -0.2) is 14.1 Å². The Balaban J connectivity index is 2.90. The molecule has 2 N–H and O–H groups in total. The lowest BCUT2D eigenvalue weighted by Gasteiger charge is -2.11. The predicted molar refractivity (Wildman–Crippen MR) is 51.8 cm³/mol. The lowest BCUT2D eigenvalue weighted by Crippen LogP contribution is -2.07. The van der Waals surface area contributed by atoms with Gasteiger partial charge in [0.1, 0.15) is 0 Å². The standard InChI is InChI=1S/C10H12N2/c1-12(2)10-5-3-9(4-6-10)7-8-11/h3-6H,11H2,1-2H3. The molecule has 0 aliphatic rings. The largest absolute Gasteiger partial charge is 0.378 e. The summed E-state index contributed by atoms with van der Waals surface area (Å²) in [5.41, 5.74) is 7.20. The first-order chi connectivity index (χ1) is 5.74. The number of nitrogens with two attached hydrogens (primary N) is 1. The van der Waals surface area contributed by atoms with E-state index in [1.807, 2.05) is 43.3 Å². The van der Waals surface area contributed by atoms with Crippen LogP contribution in [0.15, 0.2) is 24.3 Å². The van der Waals surface area contributed by atoms with E-state index in [0.29, 0.717) is 0 Å². The SMILES string of the molecule is CN(C)c1ccc(C#CN)cc1. The van der Waals surface area contributed by atoms with Crippen molar-refractivity contribution in [2.45, 2.75) is 0 Å². The van der Waals surface area contributed by atoms with Crippen LogP contribution in [0.1, 0.15) is 5.56 Å². The maximum atomic E-state index is 5.09. The zero-order valence-electron chi connectivity index (χ0n) is 7.33. The number of anilines is 1. The van der Waals surface area contributed by atoms with Gasteiger partial charge < -0.3 is 10.6 Å². The summed E-state index contributed by atoms with van der Waals surface area (Å²) in [6.07, 6.45) is 0. The fourth-order valence-electron chi connectivity index (χ4n) is 0.926. The number of hydrogen-bond donors (Lipinski definition) is 1. The second kappa shape index (κ2) is 3.68. The van der Waals surface area contributed by atoms with Crippen molar-refractivity contribution in [2.24, 2.45) is 5.73 Å². The Morgan fingerprint density at radius 3 is 2.17 bits per heavy atom. The van der Waals surface area contributed by atoms with Gasteiger partial charge in [0, 0.05) is 31.4 Å². The first kappa shape index (κ1) is 8.48. The van der Waals surface area contributed by atoms with Gasteiger partial charge in [-0.3, -0.25) is 0 Å². The average Bonchev–Trinajstić information content (AvgIpc) is 2.06. The van der Waals surface area contributed by atoms with E-state index in [9.17, 15) is 0 Å². The molecular weight excluding hydrogens is 148 g/mol. The van der Waals surface area contributed by atoms with Crippen molar-refractivity contribution in [3.63, 3.8) is 0 Å². The highest BCUT2D eigenvalue weighted by molar-refractivity contribution is 5.49. The molecule has 1 rings (SSSR count). The second-order valence-electron chi connectivity index (χ2n) is 2.71. The molecule has 1 aromatic carbocycles. The first-order valence-electron chi connectivity index (χ1n) is 3.73. The molecule has 0 amide bonds. The molecular formula is C10H12N2. The summed E-state index contributed by atoms with van der Waals surface area (Å²) in [5, 5.41) is 0. The van der Waals surface area contributed by atoms with E-state index in [0.717, 1.165) is 11.3 Å². The van der Waals surface area contributed by atoms with Gasteiger partial charge in [0.05, 0.1) is 0 Å². The lowest BCUT2D eigenvalue weighted by atomic mass is 10.2. The van der Waals surface area contributed by atoms with E-state index in [1.54, 1.807) is 0 Å². The van der Waals surface area contributed by atoms with E-state index < -0.39 is 0 Å². The molecule has 0 aromatic heterocycles. The Labute approximate surface area is 73.0 Å². The number of benzene rings is 1. The van der Waals surface area contributed by atoms with Gasteiger partial charge in [-0.2, -0.15) is 0 Å². The van der Waals surface area contributed by atoms with Crippen molar-refractivity contribution in [3.05, 3.63) is 29.8 Å². The van der Waals surface area contributed by atoms with Crippen LogP contribution in [0.3, 0.4) is 0 Å². The number of rotatable bonds is 1. The molecule has 2 nitrogen and oxygen atoms in total. The number of hydrogen-bond acceptors (Lipinski definition) is 2. The normalized spacial score (nSPS) is 8.50. The molecule has 0 spiro atoms. The fraction of sp³-hybridized carbons (Fsp3) is 0.200. The fourth-order valence-corrected chi connectivity index (χ4v) is 0.926. The van der Waals surface area contributed by atoms with Gasteiger partial charge in [-0.1, -0.05) is 0 Å². The zero-order valence-corrected chi connectivity index (χ0v) is 7.33. The minimum atomic E-state index is 0.947. The van der Waals surface area contributed by atoms with Gasteiger partial charge in [-0.15, -0.1) is 0 Å².